The van der Waals surface area contributed by atoms with Gasteiger partial charge in [-0.15, -0.1) is 0 Å². The maximum atomic E-state index is 9.24. The number of anilines is 1. The fourth-order valence-corrected chi connectivity index (χ4v) is 3.22. The van der Waals surface area contributed by atoms with Crippen molar-refractivity contribution < 1.29 is 5.11 Å². The highest BCUT2D eigenvalue weighted by atomic mass is 16.3. The van der Waals surface area contributed by atoms with Crippen LogP contribution in [0.1, 0.15) is 36.9 Å². The predicted molar refractivity (Wildman–Crippen MR) is 98.0 cm³/mol. The van der Waals surface area contributed by atoms with Gasteiger partial charge in [-0.2, -0.15) is 0 Å². The Morgan fingerprint density at radius 3 is 2.58 bits per heavy atom. The molecule has 4 heteroatoms. The lowest BCUT2D eigenvalue weighted by atomic mass is 9.97. The lowest BCUT2D eigenvalue weighted by molar-refractivity contribution is 0.203. The number of rotatable bonds is 6. The zero-order valence-electron chi connectivity index (χ0n) is 14.4. The number of benzene rings is 1. The molecule has 0 bridgehead atoms. The van der Waals surface area contributed by atoms with Gasteiger partial charge in [0.1, 0.15) is 0 Å². The second kappa shape index (κ2) is 8.27. The van der Waals surface area contributed by atoms with Crippen LogP contribution in [0.4, 0.5) is 5.69 Å². The van der Waals surface area contributed by atoms with Crippen LogP contribution in [0.3, 0.4) is 0 Å². The molecule has 2 heterocycles. The smallest absolute Gasteiger partial charge is 0.0460 e. The maximum Gasteiger partial charge on any atom is 0.0460 e. The van der Waals surface area contributed by atoms with Crippen molar-refractivity contribution in [2.75, 3.05) is 24.6 Å². The third-order valence-electron chi connectivity index (χ3n) is 4.97. The summed E-state index contributed by atoms with van der Waals surface area (Å²) in [4.78, 5) is 6.59. The molecule has 0 amide bonds. The molecule has 24 heavy (non-hydrogen) atoms. The summed E-state index contributed by atoms with van der Waals surface area (Å²) in [5.74, 6) is 0.485. The molecule has 1 fully saturated rings. The quantitative estimate of drug-likeness (QED) is 0.856. The molecular formula is C20H27N3O. The highest BCUT2D eigenvalue weighted by molar-refractivity contribution is 5.48. The van der Waals surface area contributed by atoms with Crippen LogP contribution in [0.5, 0.6) is 0 Å². The third-order valence-corrected chi connectivity index (χ3v) is 4.97. The van der Waals surface area contributed by atoms with Gasteiger partial charge in [0.2, 0.25) is 0 Å². The molecule has 0 spiro atoms. The van der Waals surface area contributed by atoms with Gasteiger partial charge in [-0.1, -0.05) is 18.2 Å². The molecule has 2 N–H and O–H groups in total. The number of nitrogens with zero attached hydrogens (tertiary/aromatic N) is 2. The molecule has 0 aliphatic carbocycles. The molecule has 0 saturated carbocycles. The summed E-state index contributed by atoms with van der Waals surface area (Å²) in [5.41, 5.74) is 3.79. The van der Waals surface area contributed by atoms with Gasteiger partial charge in [-0.25, -0.2) is 0 Å². The van der Waals surface area contributed by atoms with E-state index >= 15 is 0 Å². The van der Waals surface area contributed by atoms with Crippen molar-refractivity contribution in [3.8, 4) is 0 Å². The number of piperidine rings is 1. The zero-order valence-corrected chi connectivity index (χ0v) is 14.4. The van der Waals surface area contributed by atoms with E-state index in [9.17, 15) is 5.11 Å². The number of pyridine rings is 1. The van der Waals surface area contributed by atoms with Crippen LogP contribution < -0.4 is 10.2 Å². The van der Waals surface area contributed by atoms with Crippen molar-refractivity contribution in [2.45, 2.75) is 32.4 Å². The molecule has 128 valence electrons. The zero-order chi connectivity index (χ0) is 16.8. The van der Waals surface area contributed by atoms with E-state index in [0.717, 1.165) is 32.5 Å². The Balaban J connectivity index is 1.51. The molecular weight excluding hydrogens is 298 g/mol. The van der Waals surface area contributed by atoms with E-state index in [1.165, 1.54) is 16.8 Å². The highest BCUT2D eigenvalue weighted by Crippen LogP contribution is 2.23. The number of hydrogen-bond acceptors (Lipinski definition) is 4. The van der Waals surface area contributed by atoms with E-state index in [1.54, 1.807) is 6.20 Å². The minimum atomic E-state index is 0.288. The number of aliphatic hydroxyl groups excluding tert-OH is 1. The van der Waals surface area contributed by atoms with Crippen molar-refractivity contribution in [3.63, 3.8) is 0 Å². The Kier molecular flexibility index (Phi) is 5.83. The van der Waals surface area contributed by atoms with E-state index < -0.39 is 0 Å². The number of aromatic nitrogens is 1. The molecule has 3 rings (SSSR count). The van der Waals surface area contributed by atoms with Gasteiger partial charge in [-0.05, 0) is 55.0 Å². The van der Waals surface area contributed by atoms with Crippen LogP contribution in [0.25, 0.3) is 0 Å². The number of aliphatic hydroxyl groups is 1. The molecule has 1 aliphatic rings. The van der Waals surface area contributed by atoms with Gasteiger partial charge in [0.15, 0.2) is 0 Å². The number of hydrogen-bond donors (Lipinski definition) is 2. The molecule has 1 aromatic carbocycles. The minimum absolute atomic E-state index is 0.288. The Morgan fingerprint density at radius 2 is 1.96 bits per heavy atom. The van der Waals surface area contributed by atoms with Gasteiger partial charge in [-0.3, -0.25) is 4.98 Å². The Bertz CT molecular complexity index is 607. The average molecular weight is 325 g/mol. The second-order valence-corrected chi connectivity index (χ2v) is 6.67. The lowest BCUT2D eigenvalue weighted by Gasteiger charge is -2.33. The predicted octanol–water partition coefficient (Wildman–Crippen LogP) is 3.14. The van der Waals surface area contributed by atoms with Crippen LogP contribution in [0, 0.1) is 5.92 Å². The molecule has 1 atom stereocenters. The summed E-state index contributed by atoms with van der Waals surface area (Å²) in [6.45, 7) is 5.43. The third kappa shape index (κ3) is 4.34. The van der Waals surface area contributed by atoms with Gasteiger partial charge in [0.05, 0.1) is 0 Å². The van der Waals surface area contributed by atoms with Crippen molar-refractivity contribution in [1.29, 1.82) is 0 Å². The first-order valence-corrected chi connectivity index (χ1v) is 8.84. The standard InChI is InChI=1S/C20H27N3O/c1-16(19-3-2-10-21-14-19)22-13-17-4-6-20(7-5-17)23-11-8-18(15-24)9-12-23/h2-7,10,14,16,18,22,24H,8-9,11-13,15H2,1H3. The van der Waals surface area contributed by atoms with Gasteiger partial charge in [0.25, 0.3) is 0 Å². The fourth-order valence-electron chi connectivity index (χ4n) is 3.22. The van der Waals surface area contributed by atoms with Crippen LogP contribution in [0.2, 0.25) is 0 Å². The molecule has 0 radical (unpaired) electrons. The van der Waals surface area contributed by atoms with E-state index in [2.05, 4.69) is 52.5 Å². The van der Waals surface area contributed by atoms with Crippen LogP contribution in [-0.2, 0) is 6.54 Å². The normalized spacial score (nSPS) is 17.0. The summed E-state index contributed by atoms with van der Waals surface area (Å²) >= 11 is 0. The van der Waals surface area contributed by atoms with Crippen LogP contribution in [0.15, 0.2) is 48.8 Å². The van der Waals surface area contributed by atoms with E-state index in [0.29, 0.717) is 12.5 Å². The van der Waals surface area contributed by atoms with Crippen molar-refractivity contribution >= 4 is 5.69 Å². The van der Waals surface area contributed by atoms with Crippen LogP contribution in [-0.4, -0.2) is 29.8 Å². The summed E-state index contributed by atoms with van der Waals surface area (Å²) in [6, 6.07) is 13.2. The van der Waals surface area contributed by atoms with E-state index in [-0.39, 0.29) is 6.04 Å². The molecule has 1 aliphatic heterocycles. The van der Waals surface area contributed by atoms with Gasteiger partial charge >= 0.3 is 0 Å². The first-order chi connectivity index (χ1) is 11.8. The summed E-state index contributed by atoms with van der Waals surface area (Å²) < 4.78 is 0. The Hall–Kier alpha value is -1.91. The second-order valence-electron chi connectivity index (χ2n) is 6.67. The van der Waals surface area contributed by atoms with E-state index in [4.69, 9.17) is 0 Å². The topological polar surface area (TPSA) is 48.4 Å². The molecule has 4 nitrogen and oxygen atoms in total. The summed E-state index contributed by atoms with van der Waals surface area (Å²) in [7, 11) is 0. The summed E-state index contributed by atoms with van der Waals surface area (Å²) in [6.07, 6.45) is 5.89. The average Bonchev–Trinajstić information content (AvgIpc) is 2.67. The molecule has 1 unspecified atom stereocenters. The molecule has 1 aromatic heterocycles. The maximum absolute atomic E-state index is 9.24. The van der Waals surface area contributed by atoms with Crippen molar-refractivity contribution in [1.82, 2.24) is 10.3 Å². The Labute approximate surface area is 144 Å². The Morgan fingerprint density at radius 1 is 1.21 bits per heavy atom. The highest BCUT2D eigenvalue weighted by Gasteiger charge is 2.18. The molecule has 1 saturated heterocycles. The first kappa shape index (κ1) is 16.9. The lowest BCUT2D eigenvalue weighted by Crippen LogP contribution is -2.34. The SMILES string of the molecule is CC(NCc1ccc(N2CCC(CO)CC2)cc1)c1cccnc1. The number of nitrogens with one attached hydrogen (secondary N) is 1. The fraction of sp³-hybridized carbons (Fsp3) is 0.450. The summed E-state index contributed by atoms with van der Waals surface area (Å²) in [5, 5.41) is 12.8. The van der Waals surface area contributed by atoms with E-state index in [1.807, 2.05) is 12.3 Å². The first-order valence-electron chi connectivity index (χ1n) is 8.84. The van der Waals surface area contributed by atoms with Crippen molar-refractivity contribution in [3.05, 3.63) is 59.9 Å². The largest absolute Gasteiger partial charge is 0.396 e. The minimum Gasteiger partial charge on any atom is -0.396 e. The van der Waals surface area contributed by atoms with Crippen LogP contribution >= 0.6 is 0 Å². The monoisotopic (exact) mass is 325 g/mol. The molecule has 2 aromatic rings. The van der Waals surface area contributed by atoms with Crippen molar-refractivity contribution in [2.24, 2.45) is 5.92 Å². The van der Waals surface area contributed by atoms with Gasteiger partial charge < -0.3 is 15.3 Å². The van der Waals surface area contributed by atoms with Gasteiger partial charge in [0, 0.05) is 50.4 Å².